The van der Waals surface area contributed by atoms with E-state index >= 15 is 0 Å². The van der Waals surface area contributed by atoms with E-state index in [1.165, 1.54) is 0 Å². The molecule has 178 valence electrons. The average Bonchev–Trinajstić information content (AvgIpc) is 3.37. The van der Waals surface area contributed by atoms with Crippen molar-refractivity contribution in [3.05, 3.63) is 89.6 Å². The Morgan fingerprint density at radius 1 is 0.914 bits per heavy atom. The number of carbonyl (C=O) groups excluding carboxylic acids is 2. The topological polar surface area (TPSA) is 116 Å². The summed E-state index contributed by atoms with van der Waals surface area (Å²) in [6, 6.07) is 17.5. The molecule has 0 aliphatic heterocycles. The molecule has 0 aliphatic rings. The van der Waals surface area contributed by atoms with Gasteiger partial charge in [0.1, 0.15) is 5.78 Å². The molecule has 4 rings (SSSR count). The number of benzene rings is 1. The number of aryl methyl sites for hydroxylation is 2. The average molecular weight is 470 g/mol. The Morgan fingerprint density at radius 3 is 2.54 bits per heavy atom. The van der Waals surface area contributed by atoms with Crippen LogP contribution in [0.2, 0.25) is 0 Å². The Labute approximate surface area is 203 Å². The first-order valence-electron chi connectivity index (χ1n) is 11.6. The van der Waals surface area contributed by atoms with E-state index in [4.69, 9.17) is 0 Å². The van der Waals surface area contributed by atoms with Gasteiger partial charge >= 0.3 is 0 Å². The van der Waals surface area contributed by atoms with E-state index in [0.29, 0.717) is 24.4 Å². The van der Waals surface area contributed by atoms with Gasteiger partial charge in [0.2, 0.25) is 0 Å². The number of nitrogens with one attached hydrogen (secondary N) is 1. The van der Waals surface area contributed by atoms with Crippen molar-refractivity contribution < 1.29 is 9.59 Å². The second-order valence-electron chi connectivity index (χ2n) is 8.23. The van der Waals surface area contributed by atoms with E-state index < -0.39 is 0 Å². The normalized spacial score (nSPS) is 10.8. The molecule has 9 heteroatoms. The van der Waals surface area contributed by atoms with E-state index in [2.05, 4.69) is 30.8 Å². The van der Waals surface area contributed by atoms with Gasteiger partial charge in [-0.2, -0.15) is 10.2 Å². The molecule has 9 nitrogen and oxygen atoms in total. The molecule has 0 atom stereocenters. The van der Waals surface area contributed by atoms with E-state index in [1.807, 2.05) is 54.6 Å². The Balaban J connectivity index is 1.22. The molecule has 0 radical (unpaired) electrons. The minimum atomic E-state index is -0.247. The van der Waals surface area contributed by atoms with Crippen molar-refractivity contribution in [3.8, 4) is 11.3 Å². The summed E-state index contributed by atoms with van der Waals surface area (Å²) < 4.78 is 1.66. The fraction of sp³-hybridized carbons (Fsp3) is 0.269. The number of nitrogens with zero attached hydrogens (tertiary/aromatic N) is 6. The number of carbonyl (C=O) groups is 2. The monoisotopic (exact) mass is 469 g/mol. The zero-order chi connectivity index (χ0) is 24.5. The fourth-order valence-electron chi connectivity index (χ4n) is 3.70. The fourth-order valence-corrected chi connectivity index (χ4v) is 3.70. The summed E-state index contributed by atoms with van der Waals surface area (Å²) >= 11 is 0. The number of Topliss-reactive ketones (excluding diaryl/α,β-unsaturated/α-hetero) is 1. The lowest BCUT2D eigenvalue weighted by Crippen LogP contribution is -2.18. The van der Waals surface area contributed by atoms with Crippen molar-refractivity contribution in [2.45, 2.75) is 38.6 Å². The molecule has 35 heavy (non-hydrogen) atoms. The van der Waals surface area contributed by atoms with E-state index in [9.17, 15) is 9.59 Å². The zero-order valence-corrected chi connectivity index (χ0v) is 19.6. The van der Waals surface area contributed by atoms with Crippen LogP contribution in [0.1, 0.15) is 40.3 Å². The molecule has 1 N–H and O–H groups in total. The highest BCUT2D eigenvalue weighted by Gasteiger charge is 2.10. The quantitative estimate of drug-likeness (QED) is 0.336. The Kier molecular flexibility index (Phi) is 8.00. The van der Waals surface area contributed by atoms with Gasteiger partial charge < -0.3 is 5.32 Å². The van der Waals surface area contributed by atoms with Crippen molar-refractivity contribution in [3.63, 3.8) is 0 Å². The lowest BCUT2D eigenvalue weighted by Gasteiger charge is -2.05. The summed E-state index contributed by atoms with van der Waals surface area (Å²) in [4.78, 5) is 28.5. The smallest absolute Gasteiger partial charge is 0.273 e. The molecule has 0 bridgehead atoms. The van der Waals surface area contributed by atoms with Crippen LogP contribution < -0.4 is 5.32 Å². The SMILES string of the molecule is CNC(=O)c1cn(CCCCc2ccc(CC(=O)Cc3cccc(-c4ccccn4)c3)nn2)nn1. The van der Waals surface area contributed by atoms with Gasteiger partial charge in [-0.05, 0) is 55.2 Å². The highest BCUT2D eigenvalue weighted by atomic mass is 16.2. The Hall–Kier alpha value is -4.27. The highest BCUT2D eigenvalue weighted by Crippen LogP contribution is 2.18. The minimum Gasteiger partial charge on any atom is -0.354 e. The van der Waals surface area contributed by atoms with Gasteiger partial charge in [0.25, 0.3) is 5.91 Å². The van der Waals surface area contributed by atoms with Crippen LogP contribution in [0, 0.1) is 0 Å². The summed E-state index contributed by atoms with van der Waals surface area (Å²) in [5.41, 5.74) is 4.70. The lowest BCUT2D eigenvalue weighted by atomic mass is 10.0. The maximum Gasteiger partial charge on any atom is 0.273 e. The van der Waals surface area contributed by atoms with Crippen LogP contribution in [-0.2, 0) is 30.6 Å². The summed E-state index contributed by atoms with van der Waals surface area (Å²) in [6.07, 6.45) is 6.54. The molecule has 0 unspecified atom stereocenters. The summed E-state index contributed by atoms with van der Waals surface area (Å²) in [7, 11) is 1.56. The number of pyridine rings is 1. The lowest BCUT2D eigenvalue weighted by molar-refractivity contribution is -0.117. The first-order valence-corrected chi connectivity index (χ1v) is 11.6. The zero-order valence-electron chi connectivity index (χ0n) is 19.6. The molecule has 0 aliphatic carbocycles. The van der Waals surface area contributed by atoms with Crippen LogP contribution in [0.4, 0.5) is 0 Å². The van der Waals surface area contributed by atoms with Gasteiger partial charge in [-0.1, -0.05) is 29.5 Å². The number of rotatable bonds is 11. The van der Waals surface area contributed by atoms with Crippen molar-refractivity contribution in [2.24, 2.45) is 0 Å². The van der Waals surface area contributed by atoms with Gasteiger partial charge in [0.05, 0.1) is 29.7 Å². The van der Waals surface area contributed by atoms with Crippen LogP contribution in [-0.4, -0.2) is 48.9 Å². The van der Waals surface area contributed by atoms with Gasteiger partial charge in [-0.3, -0.25) is 19.3 Å². The van der Waals surface area contributed by atoms with E-state index in [1.54, 1.807) is 24.1 Å². The van der Waals surface area contributed by atoms with Crippen LogP contribution in [0.25, 0.3) is 11.3 Å². The number of unbranched alkanes of at least 4 members (excludes halogenated alkanes) is 1. The third-order valence-electron chi connectivity index (χ3n) is 5.51. The molecule has 3 heterocycles. The number of amides is 1. The molecule has 1 aromatic carbocycles. The molecule has 0 saturated heterocycles. The maximum absolute atomic E-state index is 12.6. The van der Waals surface area contributed by atoms with Gasteiger partial charge in [-0.25, -0.2) is 0 Å². The third kappa shape index (κ3) is 6.86. The standard InChI is InChI=1S/C26H27N7O2/c1-27-26(35)25-18-33(32-31-25)14-5-3-9-21-11-12-22(30-29-21)17-23(34)16-19-7-6-8-20(15-19)24-10-2-4-13-28-24/h2,4,6-8,10-13,15,18H,3,5,9,14,16-17H2,1H3,(H,27,35). The molecular formula is C26H27N7O2. The second-order valence-corrected chi connectivity index (χ2v) is 8.23. The van der Waals surface area contributed by atoms with Crippen LogP contribution in [0.15, 0.2) is 67.0 Å². The van der Waals surface area contributed by atoms with Crippen LogP contribution in [0.5, 0.6) is 0 Å². The number of ketones is 1. The van der Waals surface area contributed by atoms with E-state index in [-0.39, 0.29) is 18.1 Å². The Bertz CT molecular complexity index is 1270. The number of hydrogen-bond donors (Lipinski definition) is 1. The van der Waals surface area contributed by atoms with Crippen LogP contribution >= 0.6 is 0 Å². The predicted molar refractivity (Wildman–Crippen MR) is 130 cm³/mol. The highest BCUT2D eigenvalue weighted by molar-refractivity contribution is 5.91. The largest absolute Gasteiger partial charge is 0.354 e. The first kappa shape index (κ1) is 23.9. The number of hydrogen-bond acceptors (Lipinski definition) is 7. The third-order valence-corrected chi connectivity index (χ3v) is 5.51. The second kappa shape index (κ2) is 11.7. The van der Waals surface area contributed by atoms with Crippen molar-refractivity contribution >= 4 is 11.7 Å². The van der Waals surface area contributed by atoms with Gasteiger partial charge in [0, 0.05) is 31.8 Å². The molecule has 0 spiro atoms. The van der Waals surface area contributed by atoms with E-state index in [0.717, 1.165) is 41.8 Å². The minimum absolute atomic E-state index is 0.0918. The molecular weight excluding hydrogens is 442 g/mol. The van der Waals surface area contributed by atoms with Crippen molar-refractivity contribution in [2.75, 3.05) is 7.05 Å². The molecule has 3 aromatic heterocycles. The summed E-state index contributed by atoms with van der Waals surface area (Å²) in [5.74, 6) is -0.155. The first-order chi connectivity index (χ1) is 17.1. The summed E-state index contributed by atoms with van der Waals surface area (Å²) in [5, 5.41) is 18.9. The maximum atomic E-state index is 12.6. The van der Waals surface area contributed by atoms with Gasteiger partial charge in [0.15, 0.2) is 5.69 Å². The number of aromatic nitrogens is 6. The summed E-state index contributed by atoms with van der Waals surface area (Å²) in [6.45, 7) is 0.672. The van der Waals surface area contributed by atoms with Crippen molar-refractivity contribution in [1.29, 1.82) is 0 Å². The molecule has 1 amide bonds. The molecule has 0 fully saturated rings. The van der Waals surface area contributed by atoms with Crippen LogP contribution in [0.3, 0.4) is 0 Å². The van der Waals surface area contributed by atoms with Gasteiger partial charge in [-0.15, -0.1) is 5.10 Å². The van der Waals surface area contributed by atoms with Crippen molar-refractivity contribution in [1.82, 2.24) is 35.5 Å². The Morgan fingerprint density at radius 2 is 1.77 bits per heavy atom. The predicted octanol–water partition coefficient (Wildman–Crippen LogP) is 2.87. The molecule has 0 saturated carbocycles. The molecule has 4 aromatic rings.